The molecule has 0 unspecified atom stereocenters. The molecular weight excluding hydrogens is 578 g/mol. The van der Waals surface area contributed by atoms with Gasteiger partial charge in [-0.25, -0.2) is 4.98 Å². The van der Waals surface area contributed by atoms with Gasteiger partial charge in [0, 0.05) is 33.2 Å². The van der Waals surface area contributed by atoms with E-state index in [0.717, 1.165) is 47.3 Å². The van der Waals surface area contributed by atoms with Crippen LogP contribution in [0.4, 0.5) is 11.4 Å². The maximum absolute atomic E-state index is 12.5. The van der Waals surface area contributed by atoms with Gasteiger partial charge in [0.05, 0.1) is 10.2 Å². The van der Waals surface area contributed by atoms with Crippen molar-refractivity contribution in [1.82, 2.24) is 4.98 Å². The Balaban J connectivity index is 1.16. The number of thioether (sulfide) groups is 1. The van der Waals surface area contributed by atoms with Crippen molar-refractivity contribution in [2.45, 2.75) is 10.1 Å². The number of anilines is 2. The van der Waals surface area contributed by atoms with Gasteiger partial charge in [-0.15, -0.1) is 11.3 Å². The van der Waals surface area contributed by atoms with Crippen LogP contribution < -0.4 is 10.6 Å². The highest BCUT2D eigenvalue weighted by atomic mass is 79.9. The lowest BCUT2D eigenvalue weighted by molar-refractivity contribution is -0.111. The molecule has 0 saturated carbocycles. The quantitative estimate of drug-likeness (QED) is 0.139. The number of halogens is 1. The first-order chi connectivity index (χ1) is 18.5. The van der Waals surface area contributed by atoms with E-state index in [1.54, 1.807) is 29.2 Å². The van der Waals surface area contributed by atoms with Crippen molar-refractivity contribution in [2.24, 2.45) is 0 Å². The second-order valence-corrected chi connectivity index (χ2v) is 11.5. The molecule has 8 heteroatoms. The van der Waals surface area contributed by atoms with Crippen molar-refractivity contribution >= 4 is 78.5 Å². The minimum absolute atomic E-state index is 0.142. The van der Waals surface area contributed by atoms with Gasteiger partial charge < -0.3 is 10.6 Å². The molecule has 0 fully saturated rings. The van der Waals surface area contributed by atoms with Gasteiger partial charge in [0.2, 0.25) is 5.91 Å². The van der Waals surface area contributed by atoms with Crippen LogP contribution in [0.1, 0.15) is 21.5 Å². The normalized spacial score (nSPS) is 11.1. The van der Waals surface area contributed by atoms with Gasteiger partial charge in [-0.1, -0.05) is 70.2 Å². The van der Waals surface area contributed by atoms with Crippen LogP contribution >= 0.6 is 39.0 Å². The molecule has 188 valence electrons. The summed E-state index contributed by atoms with van der Waals surface area (Å²) in [6, 6.07) is 30.5. The molecule has 1 aromatic heterocycles. The lowest BCUT2D eigenvalue weighted by Crippen LogP contribution is -2.11. The molecule has 1 heterocycles. The summed E-state index contributed by atoms with van der Waals surface area (Å²) in [5.74, 6) is 0.417. The summed E-state index contributed by atoms with van der Waals surface area (Å²) in [4.78, 5) is 29.5. The van der Waals surface area contributed by atoms with Crippen molar-refractivity contribution in [3.05, 3.63) is 124 Å². The fraction of sp³-hybridized carbons (Fsp3) is 0.0333. The fourth-order valence-electron chi connectivity index (χ4n) is 3.60. The summed E-state index contributed by atoms with van der Waals surface area (Å²) in [5, 5.41) is 5.82. The highest BCUT2D eigenvalue weighted by Crippen LogP contribution is 2.33. The molecular formula is C30H22BrN3O2S2. The standard InChI is InChI=1S/C30H22BrN3O2S2/c31-23-11-13-24(14-12-23)33-29(36)22-9-6-21(7-10-22)19-37-30-34-26-16-15-25(18-27(26)38-30)32-28(35)17-8-20-4-2-1-3-5-20/h1-18H,19H2,(H,32,35)(H,33,36)/b17-8+. The average Bonchev–Trinajstić information content (AvgIpc) is 3.35. The maximum Gasteiger partial charge on any atom is 0.255 e. The van der Waals surface area contributed by atoms with Crippen LogP contribution in [0.5, 0.6) is 0 Å². The molecule has 0 radical (unpaired) electrons. The summed E-state index contributed by atoms with van der Waals surface area (Å²) < 4.78 is 2.92. The SMILES string of the molecule is O=C(/C=C/c1ccccc1)Nc1ccc2nc(SCc3ccc(C(=O)Nc4ccc(Br)cc4)cc3)sc2c1. The van der Waals surface area contributed by atoms with Gasteiger partial charge in [0.1, 0.15) is 0 Å². The van der Waals surface area contributed by atoms with Crippen molar-refractivity contribution in [3.8, 4) is 0 Å². The van der Waals surface area contributed by atoms with Crippen LogP contribution in [0.3, 0.4) is 0 Å². The third-order valence-electron chi connectivity index (χ3n) is 5.54. The topological polar surface area (TPSA) is 71.1 Å². The van der Waals surface area contributed by atoms with Crippen LogP contribution in [-0.4, -0.2) is 16.8 Å². The number of carbonyl (C=O) groups is 2. The molecule has 0 spiro atoms. The van der Waals surface area contributed by atoms with Gasteiger partial charge in [-0.05, 0) is 71.8 Å². The van der Waals surface area contributed by atoms with Crippen LogP contribution in [-0.2, 0) is 10.5 Å². The van der Waals surface area contributed by atoms with E-state index < -0.39 is 0 Å². The number of aromatic nitrogens is 1. The monoisotopic (exact) mass is 599 g/mol. The molecule has 0 aliphatic carbocycles. The molecule has 5 aromatic rings. The van der Waals surface area contributed by atoms with Crippen molar-refractivity contribution in [1.29, 1.82) is 0 Å². The summed E-state index contributed by atoms with van der Waals surface area (Å²) in [6.45, 7) is 0. The number of rotatable bonds is 8. The third-order valence-corrected chi connectivity index (χ3v) is 8.30. The van der Waals surface area contributed by atoms with E-state index in [1.165, 1.54) is 6.08 Å². The highest BCUT2D eigenvalue weighted by molar-refractivity contribution is 9.10. The summed E-state index contributed by atoms with van der Waals surface area (Å²) in [5.41, 5.74) is 5.07. The number of hydrogen-bond acceptors (Lipinski definition) is 5. The van der Waals surface area contributed by atoms with E-state index in [2.05, 4.69) is 26.6 Å². The molecule has 2 amide bonds. The average molecular weight is 601 g/mol. The molecule has 4 aromatic carbocycles. The number of nitrogens with zero attached hydrogens (tertiary/aromatic N) is 1. The zero-order chi connectivity index (χ0) is 26.3. The molecule has 38 heavy (non-hydrogen) atoms. The first kappa shape index (κ1) is 25.9. The van der Waals surface area contributed by atoms with Gasteiger partial charge in [0.25, 0.3) is 5.91 Å². The predicted molar refractivity (Wildman–Crippen MR) is 162 cm³/mol. The van der Waals surface area contributed by atoms with E-state index in [9.17, 15) is 9.59 Å². The second kappa shape index (κ2) is 12.2. The zero-order valence-electron chi connectivity index (χ0n) is 20.1. The number of amides is 2. The van der Waals surface area contributed by atoms with E-state index in [4.69, 9.17) is 4.98 Å². The Kier molecular flexibility index (Phi) is 8.33. The summed E-state index contributed by atoms with van der Waals surface area (Å²) >= 11 is 6.63. The Morgan fingerprint density at radius 3 is 2.37 bits per heavy atom. The zero-order valence-corrected chi connectivity index (χ0v) is 23.3. The number of nitrogens with one attached hydrogen (secondary N) is 2. The molecule has 0 aliphatic rings. The fourth-order valence-corrected chi connectivity index (χ4v) is 5.92. The molecule has 0 aliphatic heterocycles. The van der Waals surface area contributed by atoms with Gasteiger partial charge in [-0.2, -0.15) is 0 Å². The molecule has 5 nitrogen and oxygen atoms in total. The number of carbonyl (C=O) groups excluding carboxylic acids is 2. The minimum Gasteiger partial charge on any atom is -0.322 e. The van der Waals surface area contributed by atoms with Gasteiger partial charge in [-0.3, -0.25) is 9.59 Å². The second-order valence-electron chi connectivity index (χ2n) is 8.34. The summed E-state index contributed by atoms with van der Waals surface area (Å²) in [6.07, 6.45) is 3.32. The van der Waals surface area contributed by atoms with Crippen molar-refractivity contribution in [3.63, 3.8) is 0 Å². The minimum atomic E-state index is -0.179. The van der Waals surface area contributed by atoms with Crippen molar-refractivity contribution < 1.29 is 9.59 Å². The van der Waals surface area contributed by atoms with E-state index in [-0.39, 0.29) is 11.8 Å². The van der Waals surface area contributed by atoms with Gasteiger partial charge in [0.15, 0.2) is 4.34 Å². The Labute approximate surface area is 237 Å². The predicted octanol–water partition coefficient (Wildman–Crippen LogP) is 8.26. The largest absolute Gasteiger partial charge is 0.322 e. The lowest BCUT2D eigenvalue weighted by Gasteiger charge is -2.06. The van der Waals surface area contributed by atoms with Crippen LogP contribution in [0.25, 0.3) is 16.3 Å². The molecule has 5 rings (SSSR count). The Hall–Kier alpha value is -3.72. The van der Waals surface area contributed by atoms with Crippen LogP contribution in [0, 0.1) is 0 Å². The Morgan fingerprint density at radius 2 is 1.61 bits per heavy atom. The smallest absolute Gasteiger partial charge is 0.255 e. The van der Waals surface area contributed by atoms with Gasteiger partial charge >= 0.3 is 0 Å². The Morgan fingerprint density at radius 1 is 0.868 bits per heavy atom. The van der Waals surface area contributed by atoms with Crippen LogP contribution in [0.15, 0.2) is 112 Å². The number of hydrogen-bond donors (Lipinski definition) is 2. The number of fused-ring (bicyclic) bond motifs is 1. The molecule has 2 N–H and O–H groups in total. The van der Waals surface area contributed by atoms with Crippen molar-refractivity contribution in [2.75, 3.05) is 10.6 Å². The van der Waals surface area contributed by atoms with E-state index in [0.29, 0.717) is 5.56 Å². The highest BCUT2D eigenvalue weighted by Gasteiger charge is 2.09. The summed E-state index contributed by atoms with van der Waals surface area (Å²) in [7, 11) is 0. The number of benzene rings is 4. The molecule has 0 atom stereocenters. The first-order valence-electron chi connectivity index (χ1n) is 11.8. The Bertz CT molecular complexity index is 1600. The lowest BCUT2D eigenvalue weighted by atomic mass is 10.1. The maximum atomic E-state index is 12.5. The third kappa shape index (κ3) is 6.98. The van der Waals surface area contributed by atoms with Crippen LogP contribution in [0.2, 0.25) is 0 Å². The first-order valence-corrected chi connectivity index (χ1v) is 14.3. The van der Waals surface area contributed by atoms with E-state index in [1.807, 2.05) is 97.1 Å². The van der Waals surface area contributed by atoms with E-state index >= 15 is 0 Å². The molecule has 0 bridgehead atoms. The molecule has 0 saturated heterocycles. The number of thiazole rings is 1.